The second-order valence-electron chi connectivity index (χ2n) is 7.24. The van der Waals surface area contributed by atoms with Gasteiger partial charge in [-0.2, -0.15) is 0 Å². The molecule has 0 fully saturated rings. The number of carbonyl (C=O) groups excluding carboxylic acids is 1. The SMILES string of the molecule is CN(C)S(=O)(=O)c1ccc2c(c1)CCN2C(=O)CN(c1ccc(F)c(F)c1)S(C)(=O)=O. The van der Waals surface area contributed by atoms with Crippen LogP contribution in [-0.4, -0.2) is 60.5 Å². The highest BCUT2D eigenvalue weighted by Crippen LogP contribution is 2.31. The first-order chi connectivity index (χ1) is 14.3. The molecule has 31 heavy (non-hydrogen) atoms. The second kappa shape index (κ2) is 8.17. The number of benzene rings is 2. The summed E-state index contributed by atoms with van der Waals surface area (Å²) in [6.07, 6.45) is 1.25. The molecule has 1 aliphatic heterocycles. The Balaban J connectivity index is 1.89. The molecule has 0 atom stereocenters. The van der Waals surface area contributed by atoms with Crippen LogP contribution in [0.2, 0.25) is 0 Å². The van der Waals surface area contributed by atoms with Gasteiger partial charge in [0.15, 0.2) is 11.6 Å². The fraction of sp³-hybridized carbons (Fsp3) is 0.316. The van der Waals surface area contributed by atoms with Gasteiger partial charge in [-0.1, -0.05) is 0 Å². The van der Waals surface area contributed by atoms with Gasteiger partial charge >= 0.3 is 0 Å². The van der Waals surface area contributed by atoms with E-state index in [9.17, 15) is 30.4 Å². The highest BCUT2D eigenvalue weighted by molar-refractivity contribution is 7.92. The van der Waals surface area contributed by atoms with Gasteiger partial charge in [-0.3, -0.25) is 9.10 Å². The molecule has 3 rings (SSSR count). The molecule has 0 N–H and O–H groups in total. The molecule has 8 nitrogen and oxygen atoms in total. The number of anilines is 2. The minimum absolute atomic E-state index is 0.0881. The fourth-order valence-electron chi connectivity index (χ4n) is 3.26. The largest absolute Gasteiger partial charge is 0.310 e. The second-order valence-corrected chi connectivity index (χ2v) is 11.3. The Morgan fingerprint density at radius 1 is 1.03 bits per heavy atom. The van der Waals surface area contributed by atoms with E-state index in [1.807, 2.05) is 0 Å². The molecule has 2 aromatic carbocycles. The van der Waals surface area contributed by atoms with Crippen molar-refractivity contribution in [2.24, 2.45) is 0 Å². The summed E-state index contributed by atoms with van der Waals surface area (Å²) >= 11 is 0. The predicted octanol–water partition coefficient (Wildman–Crippen LogP) is 1.57. The van der Waals surface area contributed by atoms with E-state index in [4.69, 9.17) is 0 Å². The summed E-state index contributed by atoms with van der Waals surface area (Å²) in [5.74, 6) is -2.96. The van der Waals surface area contributed by atoms with Crippen LogP contribution in [0.4, 0.5) is 20.2 Å². The number of sulfonamides is 2. The number of amides is 1. The fourth-order valence-corrected chi connectivity index (χ4v) is 5.05. The minimum atomic E-state index is -3.97. The van der Waals surface area contributed by atoms with E-state index in [-0.39, 0.29) is 17.1 Å². The van der Waals surface area contributed by atoms with Crippen LogP contribution in [0.5, 0.6) is 0 Å². The third-order valence-electron chi connectivity index (χ3n) is 4.90. The predicted molar refractivity (Wildman–Crippen MR) is 112 cm³/mol. The summed E-state index contributed by atoms with van der Waals surface area (Å²) in [6, 6.07) is 6.93. The molecular formula is C19H21F2N3O5S2. The lowest BCUT2D eigenvalue weighted by Crippen LogP contribution is -2.42. The summed E-state index contributed by atoms with van der Waals surface area (Å²) in [5, 5.41) is 0. The Bertz CT molecular complexity index is 1250. The van der Waals surface area contributed by atoms with Crippen molar-refractivity contribution in [3.05, 3.63) is 53.6 Å². The highest BCUT2D eigenvalue weighted by Gasteiger charge is 2.30. The third-order valence-corrected chi connectivity index (χ3v) is 7.85. The molecule has 1 amide bonds. The van der Waals surface area contributed by atoms with E-state index in [1.54, 1.807) is 0 Å². The maximum Gasteiger partial charge on any atom is 0.247 e. The first kappa shape index (κ1) is 23.1. The molecule has 0 spiro atoms. The first-order valence-electron chi connectivity index (χ1n) is 9.11. The van der Waals surface area contributed by atoms with Crippen LogP contribution in [0.1, 0.15) is 5.56 Å². The Morgan fingerprint density at radius 3 is 2.29 bits per heavy atom. The average molecular weight is 474 g/mol. The Morgan fingerprint density at radius 2 is 1.71 bits per heavy atom. The van der Waals surface area contributed by atoms with Crippen molar-refractivity contribution >= 4 is 37.3 Å². The van der Waals surface area contributed by atoms with Crippen LogP contribution in [0.3, 0.4) is 0 Å². The Kier molecular flexibility index (Phi) is 6.09. The van der Waals surface area contributed by atoms with E-state index in [0.717, 1.165) is 22.7 Å². The summed E-state index contributed by atoms with van der Waals surface area (Å²) in [4.78, 5) is 14.3. The maximum atomic E-state index is 13.6. The zero-order valence-electron chi connectivity index (χ0n) is 17.0. The summed E-state index contributed by atoms with van der Waals surface area (Å²) in [6.45, 7) is -0.393. The van der Waals surface area contributed by atoms with Crippen molar-refractivity contribution < 1.29 is 30.4 Å². The first-order valence-corrected chi connectivity index (χ1v) is 12.4. The third kappa shape index (κ3) is 4.55. The lowest BCUT2D eigenvalue weighted by molar-refractivity contribution is -0.117. The average Bonchev–Trinajstić information content (AvgIpc) is 3.10. The summed E-state index contributed by atoms with van der Waals surface area (Å²) < 4.78 is 77.7. The monoisotopic (exact) mass is 473 g/mol. The minimum Gasteiger partial charge on any atom is -0.310 e. The number of nitrogens with zero attached hydrogens (tertiary/aromatic N) is 3. The van der Waals surface area contributed by atoms with Crippen molar-refractivity contribution in [2.45, 2.75) is 11.3 Å². The normalized spacial score (nSPS) is 14.1. The van der Waals surface area contributed by atoms with Crippen LogP contribution < -0.4 is 9.21 Å². The number of halogens is 2. The van der Waals surface area contributed by atoms with Crippen LogP contribution >= 0.6 is 0 Å². The zero-order chi connectivity index (χ0) is 23.1. The van der Waals surface area contributed by atoms with Gasteiger partial charge in [-0.05, 0) is 42.3 Å². The summed E-state index contributed by atoms with van der Waals surface area (Å²) in [5.41, 5.74) is 0.929. The molecule has 12 heteroatoms. The van der Waals surface area contributed by atoms with Crippen LogP contribution in [0.15, 0.2) is 41.3 Å². The van der Waals surface area contributed by atoms with E-state index in [2.05, 4.69) is 0 Å². The van der Waals surface area contributed by atoms with Crippen molar-refractivity contribution in [2.75, 3.05) is 42.6 Å². The number of hydrogen-bond acceptors (Lipinski definition) is 5. The number of carbonyl (C=O) groups is 1. The van der Waals surface area contributed by atoms with Gasteiger partial charge in [-0.15, -0.1) is 0 Å². The molecule has 0 saturated heterocycles. The molecule has 0 radical (unpaired) electrons. The van der Waals surface area contributed by atoms with Crippen LogP contribution in [0.25, 0.3) is 0 Å². The van der Waals surface area contributed by atoms with Gasteiger partial charge in [-0.25, -0.2) is 29.9 Å². The number of rotatable bonds is 6. The summed E-state index contributed by atoms with van der Waals surface area (Å²) in [7, 11) is -4.79. The number of fused-ring (bicyclic) bond motifs is 1. The Labute approximate surface area is 179 Å². The van der Waals surface area contributed by atoms with Gasteiger partial charge in [0.1, 0.15) is 6.54 Å². The molecule has 1 aliphatic rings. The standard InChI is InChI=1S/C19H21F2N3O5S2/c1-22(2)31(28,29)15-5-7-18-13(10-15)8-9-23(18)19(25)12-24(30(3,26)27)14-4-6-16(20)17(21)11-14/h4-7,10-11H,8-9,12H2,1-3H3. The van der Waals surface area contributed by atoms with Gasteiger partial charge in [0.25, 0.3) is 0 Å². The smallest absolute Gasteiger partial charge is 0.247 e. The molecule has 0 aromatic heterocycles. The van der Waals surface area contributed by atoms with E-state index < -0.39 is 44.1 Å². The quantitative estimate of drug-likeness (QED) is 0.635. The van der Waals surface area contributed by atoms with E-state index >= 15 is 0 Å². The van der Waals surface area contributed by atoms with E-state index in [0.29, 0.717) is 28.0 Å². The van der Waals surface area contributed by atoms with Crippen LogP contribution in [-0.2, 0) is 31.3 Å². The molecule has 1 heterocycles. The van der Waals surface area contributed by atoms with Crippen molar-refractivity contribution in [3.63, 3.8) is 0 Å². The van der Waals surface area contributed by atoms with Crippen molar-refractivity contribution in [3.8, 4) is 0 Å². The molecule has 0 saturated carbocycles. The molecule has 2 aromatic rings. The molecular weight excluding hydrogens is 452 g/mol. The maximum absolute atomic E-state index is 13.6. The molecule has 0 unspecified atom stereocenters. The van der Waals surface area contributed by atoms with Crippen molar-refractivity contribution in [1.82, 2.24) is 4.31 Å². The zero-order valence-corrected chi connectivity index (χ0v) is 18.7. The highest BCUT2D eigenvalue weighted by atomic mass is 32.2. The lowest BCUT2D eigenvalue weighted by Gasteiger charge is -2.25. The molecule has 0 aliphatic carbocycles. The lowest BCUT2D eigenvalue weighted by atomic mass is 10.2. The van der Waals surface area contributed by atoms with Gasteiger partial charge in [0.2, 0.25) is 26.0 Å². The van der Waals surface area contributed by atoms with E-state index in [1.165, 1.54) is 37.2 Å². The Hall–Kier alpha value is -2.57. The van der Waals surface area contributed by atoms with Crippen molar-refractivity contribution in [1.29, 1.82) is 0 Å². The molecule has 168 valence electrons. The number of hydrogen-bond donors (Lipinski definition) is 0. The van der Waals surface area contributed by atoms with Gasteiger partial charge < -0.3 is 4.90 Å². The topological polar surface area (TPSA) is 95.1 Å². The molecule has 0 bridgehead atoms. The van der Waals surface area contributed by atoms with Crippen LogP contribution in [0, 0.1) is 11.6 Å². The van der Waals surface area contributed by atoms with Gasteiger partial charge in [0.05, 0.1) is 16.8 Å². The van der Waals surface area contributed by atoms with Gasteiger partial charge in [0, 0.05) is 32.4 Å².